The number of hydrogen-bond donors (Lipinski definition) is 0. The molecule has 98 valence electrons. The van der Waals surface area contributed by atoms with Crippen molar-refractivity contribution in [2.24, 2.45) is 16.3 Å². The third-order valence-electron chi connectivity index (χ3n) is 3.37. The lowest BCUT2D eigenvalue weighted by atomic mass is 9.90. The molecule has 0 spiro atoms. The first-order valence-electron chi connectivity index (χ1n) is 6.13. The first kappa shape index (κ1) is 11.6. The maximum atomic E-state index is 11.9. The maximum absolute atomic E-state index is 11.9. The molecule has 0 unspecified atom stereocenters. The van der Waals surface area contributed by atoms with Crippen LogP contribution in [0.2, 0.25) is 0 Å². The van der Waals surface area contributed by atoms with Crippen LogP contribution in [0.5, 0.6) is 0 Å². The summed E-state index contributed by atoms with van der Waals surface area (Å²) in [7, 11) is 0. The summed E-state index contributed by atoms with van der Waals surface area (Å²) >= 11 is 0. The van der Waals surface area contributed by atoms with E-state index in [1.807, 2.05) is 13.8 Å². The Balaban J connectivity index is 1.70. The second kappa shape index (κ2) is 4.01. The third-order valence-corrected chi connectivity index (χ3v) is 3.37. The Morgan fingerprint density at radius 1 is 1.61 bits per heavy atom. The Bertz CT molecular complexity index is 423. The average Bonchev–Trinajstić information content (AvgIpc) is 2.95. The molecule has 18 heavy (non-hydrogen) atoms. The van der Waals surface area contributed by atoms with E-state index in [2.05, 4.69) is 10.3 Å². The van der Waals surface area contributed by atoms with Crippen molar-refractivity contribution in [3.8, 4) is 0 Å². The largest absolute Gasteiger partial charge is 0.448 e. The molecule has 2 fully saturated rings. The third kappa shape index (κ3) is 1.61. The number of amides is 1. The number of fused-ring (bicyclic) bond motifs is 5. The van der Waals surface area contributed by atoms with Gasteiger partial charge in [-0.15, -0.1) is 0 Å². The Hall–Kier alpha value is -1.50. The van der Waals surface area contributed by atoms with Gasteiger partial charge in [0, 0.05) is 6.42 Å². The van der Waals surface area contributed by atoms with Crippen molar-refractivity contribution in [3.63, 3.8) is 0 Å². The monoisotopic (exact) mass is 253 g/mol. The Labute approximate surface area is 104 Å². The molecular weight excluding hydrogens is 238 g/mol. The molecule has 0 N–H and O–H groups in total. The van der Waals surface area contributed by atoms with Crippen molar-refractivity contribution in [1.29, 1.82) is 0 Å². The minimum atomic E-state index is -0.582. The van der Waals surface area contributed by atoms with Gasteiger partial charge >= 0.3 is 6.09 Å². The molecule has 2 bridgehead atoms. The number of rotatable bonds is 2. The summed E-state index contributed by atoms with van der Waals surface area (Å²) < 4.78 is 10.6. The van der Waals surface area contributed by atoms with E-state index in [0.29, 0.717) is 13.0 Å². The Morgan fingerprint density at radius 2 is 2.39 bits per heavy atom. The Morgan fingerprint density at radius 3 is 3.11 bits per heavy atom. The fourth-order valence-electron chi connectivity index (χ4n) is 2.55. The van der Waals surface area contributed by atoms with E-state index in [-0.39, 0.29) is 23.8 Å². The van der Waals surface area contributed by atoms with Crippen LogP contribution < -0.4 is 0 Å². The van der Waals surface area contributed by atoms with Gasteiger partial charge in [0.15, 0.2) is 5.78 Å². The molecule has 0 aromatic rings. The lowest BCUT2D eigenvalue weighted by Crippen LogP contribution is -2.49. The van der Waals surface area contributed by atoms with Crippen LogP contribution in [0.1, 0.15) is 20.3 Å². The normalized spacial score (nSPS) is 36.6. The zero-order valence-electron chi connectivity index (χ0n) is 10.3. The average molecular weight is 253 g/mol. The van der Waals surface area contributed by atoms with Crippen LogP contribution in [0, 0.1) is 5.92 Å². The number of ketones is 1. The van der Waals surface area contributed by atoms with Gasteiger partial charge in [-0.2, -0.15) is 10.1 Å². The lowest BCUT2D eigenvalue weighted by Gasteiger charge is -2.23. The number of ether oxygens (including phenoxy) is 2. The summed E-state index contributed by atoms with van der Waals surface area (Å²) in [6, 6.07) is -0.616. The summed E-state index contributed by atoms with van der Waals surface area (Å²) in [5.41, 5.74) is 0. The van der Waals surface area contributed by atoms with Gasteiger partial charge in [-0.1, -0.05) is 19.1 Å². The van der Waals surface area contributed by atoms with Gasteiger partial charge in [0.05, 0.1) is 12.7 Å². The lowest BCUT2D eigenvalue weighted by molar-refractivity contribution is -0.123. The SMILES string of the molecule is CC(C)COC(=O)N1N=N[C@H]2[C@@H]1[C@H]1O[C@H]2CC1=O. The molecule has 3 aliphatic heterocycles. The number of nitrogens with zero attached hydrogens (tertiary/aromatic N) is 3. The minimum Gasteiger partial charge on any atom is -0.448 e. The van der Waals surface area contributed by atoms with Gasteiger partial charge in [-0.25, -0.2) is 4.79 Å². The molecule has 3 heterocycles. The van der Waals surface area contributed by atoms with Crippen LogP contribution in [-0.4, -0.2) is 47.8 Å². The zero-order chi connectivity index (χ0) is 12.9. The van der Waals surface area contributed by atoms with Crippen LogP contribution in [0.3, 0.4) is 0 Å². The molecule has 7 nitrogen and oxygen atoms in total. The summed E-state index contributed by atoms with van der Waals surface area (Å²) in [4.78, 5) is 23.5. The molecule has 4 atom stereocenters. The van der Waals surface area contributed by atoms with Gasteiger partial charge in [0.1, 0.15) is 18.2 Å². The Kier molecular flexibility index (Phi) is 2.58. The van der Waals surface area contributed by atoms with Crippen LogP contribution in [0.25, 0.3) is 0 Å². The van der Waals surface area contributed by atoms with Gasteiger partial charge < -0.3 is 9.47 Å². The molecule has 1 amide bonds. The van der Waals surface area contributed by atoms with E-state index in [4.69, 9.17) is 9.47 Å². The first-order chi connectivity index (χ1) is 8.58. The quantitative estimate of drug-likeness (QED) is 0.733. The number of hydrogen-bond acceptors (Lipinski definition) is 6. The molecule has 3 rings (SSSR count). The van der Waals surface area contributed by atoms with Crippen LogP contribution >= 0.6 is 0 Å². The summed E-state index contributed by atoms with van der Waals surface area (Å²) in [6.45, 7) is 4.22. The van der Waals surface area contributed by atoms with E-state index in [1.165, 1.54) is 0 Å². The molecule has 7 heteroatoms. The minimum absolute atomic E-state index is 0.0233. The predicted molar refractivity (Wildman–Crippen MR) is 58.7 cm³/mol. The summed E-state index contributed by atoms with van der Waals surface area (Å²) in [5.74, 6) is 0.275. The highest BCUT2D eigenvalue weighted by atomic mass is 16.6. The zero-order valence-corrected chi connectivity index (χ0v) is 10.3. The van der Waals surface area contributed by atoms with E-state index in [1.54, 1.807) is 0 Å². The van der Waals surface area contributed by atoms with Crippen molar-refractivity contribution < 1.29 is 19.1 Å². The van der Waals surface area contributed by atoms with Gasteiger partial charge in [0.2, 0.25) is 0 Å². The molecule has 0 aliphatic carbocycles. The predicted octanol–water partition coefficient (Wildman–Crippen LogP) is 0.939. The number of Topliss-reactive ketones (excluding diaryl/α,β-unsaturated/α-hetero) is 1. The van der Waals surface area contributed by atoms with Crippen LogP contribution in [0.4, 0.5) is 4.79 Å². The fourth-order valence-corrected chi connectivity index (χ4v) is 2.55. The summed E-state index contributed by atoms with van der Waals surface area (Å²) in [5, 5.41) is 9.00. The highest BCUT2D eigenvalue weighted by Crippen LogP contribution is 2.40. The van der Waals surface area contributed by atoms with Crippen molar-refractivity contribution in [1.82, 2.24) is 5.01 Å². The summed E-state index contributed by atoms with van der Waals surface area (Å²) in [6.07, 6.45) is -0.982. The van der Waals surface area contributed by atoms with Crippen molar-refractivity contribution in [2.45, 2.75) is 44.6 Å². The fraction of sp³-hybridized carbons (Fsp3) is 0.818. The van der Waals surface area contributed by atoms with Gasteiger partial charge in [-0.3, -0.25) is 4.79 Å². The molecule has 0 saturated carbocycles. The van der Waals surface area contributed by atoms with Crippen LogP contribution in [-0.2, 0) is 14.3 Å². The molecule has 2 saturated heterocycles. The van der Waals surface area contributed by atoms with E-state index < -0.39 is 18.2 Å². The highest BCUT2D eigenvalue weighted by Gasteiger charge is 2.60. The van der Waals surface area contributed by atoms with E-state index >= 15 is 0 Å². The second-order valence-electron chi connectivity index (χ2n) is 5.27. The molecule has 3 aliphatic rings. The number of carbonyl (C=O) groups is 2. The van der Waals surface area contributed by atoms with Crippen LogP contribution in [0.15, 0.2) is 10.3 Å². The highest BCUT2D eigenvalue weighted by molar-refractivity contribution is 5.88. The topological polar surface area (TPSA) is 80.6 Å². The molecular formula is C11H15N3O4. The smallest absolute Gasteiger partial charge is 0.432 e. The van der Waals surface area contributed by atoms with E-state index in [9.17, 15) is 9.59 Å². The maximum Gasteiger partial charge on any atom is 0.432 e. The standard InChI is InChI=1S/C11H15N3O4/c1-5(2)4-17-11(16)14-9-8(12-13-14)7-3-6(15)10(9)18-7/h5,7-10H,3-4H2,1-2H3/t7-,8+,9+,10-/m0/s1. The van der Waals surface area contributed by atoms with Crippen molar-refractivity contribution >= 4 is 11.9 Å². The van der Waals surface area contributed by atoms with Gasteiger partial charge in [-0.05, 0) is 5.92 Å². The van der Waals surface area contributed by atoms with Crippen molar-refractivity contribution in [3.05, 3.63) is 0 Å². The molecule has 0 aromatic heterocycles. The number of carbonyl (C=O) groups excluding carboxylic acids is 2. The first-order valence-corrected chi connectivity index (χ1v) is 6.13. The van der Waals surface area contributed by atoms with Crippen molar-refractivity contribution in [2.75, 3.05) is 6.61 Å². The molecule has 0 aromatic carbocycles. The van der Waals surface area contributed by atoms with Gasteiger partial charge in [0.25, 0.3) is 0 Å². The van der Waals surface area contributed by atoms with E-state index in [0.717, 1.165) is 5.01 Å². The molecule has 0 radical (unpaired) electrons. The second-order valence-corrected chi connectivity index (χ2v) is 5.27.